The number of ether oxygens (including phenoxy) is 1. The molecule has 0 saturated heterocycles. The number of pyridine rings is 1. The monoisotopic (exact) mass is 449 g/mol. The quantitative estimate of drug-likeness (QED) is 0.454. The minimum atomic E-state index is -4.47. The van der Waals surface area contributed by atoms with Gasteiger partial charge in [0.1, 0.15) is 5.69 Å². The van der Waals surface area contributed by atoms with E-state index < -0.39 is 11.7 Å². The van der Waals surface area contributed by atoms with Gasteiger partial charge in [0.25, 0.3) is 0 Å². The van der Waals surface area contributed by atoms with Crippen molar-refractivity contribution < 1.29 is 17.9 Å². The molecule has 4 aromatic rings. The van der Waals surface area contributed by atoms with Gasteiger partial charge in [-0.1, -0.05) is 15.9 Å². The number of nitrogens with zero attached hydrogens (tertiary/aromatic N) is 5. The second-order valence-electron chi connectivity index (χ2n) is 5.77. The molecule has 0 aliphatic heterocycles. The highest BCUT2D eigenvalue weighted by Gasteiger charge is 2.31. The number of fused-ring (bicyclic) bond motifs is 1. The van der Waals surface area contributed by atoms with Gasteiger partial charge in [0, 0.05) is 16.7 Å². The number of benzene rings is 1. The molecule has 0 bridgehead atoms. The lowest BCUT2D eigenvalue weighted by molar-refractivity contribution is -0.137. The van der Waals surface area contributed by atoms with Crippen LogP contribution in [0.25, 0.3) is 28.4 Å². The number of halogens is 4. The van der Waals surface area contributed by atoms with Gasteiger partial charge in [-0.25, -0.2) is 4.98 Å². The summed E-state index contributed by atoms with van der Waals surface area (Å²) in [6, 6.07) is 10.1. The maximum atomic E-state index is 13.1. The van der Waals surface area contributed by atoms with Gasteiger partial charge < -0.3 is 4.74 Å². The van der Waals surface area contributed by atoms with E-state index >= 15 is 0 Å². The number of hydrogen-bond acceptors (Lipinski definition) is 5. The summed E-state index contributed by atoms with van der Waals surface area (Å²) < 4.78 is 46.7. The third kappa shape index (κ3) is 3.31. The molecule has 0 spiro atoms. The van der Waals surface area contributed by atoms with Crippen LogP contribution in [0.5, 0.6) is 5.88 Å². The highest BCUT2D eigenvalue weighted by Crippen LogP contribution is 2.34. The number of aromatic nitrogens is 5. The van der Waals surface area contributed by atoms with Crippen molar-refractivity contribution in [2.24, 2.45) is 0 Å². The van der Waals surface area contributed by atoms with E-state index in [1.165, 1.54) is 13.2 Å². The van der Waals surface area contributed by atoms with Crippen molar-refractivity contribution in [3.63, 3.8) is 0 Å². The Kier molecular flexibility index (Phi) is 4.50. The fourth-order valence-corrected chi connectivity index (χ4v) is 3.06. The molecule has 142 valence electrons. The third-order valence-corrected chi connectivity index (χ3v) is 4.49. The largest absolute Gasteiger partial charge is 0.480 e. The van der Waals surface area contributed by atoms with Crippen molar-refractivity contribution in [2.45, 2.75) is 6.18 Å². The first-order chi connectivity index (χ1) is 13.4. The van der Waals surface area contributed by atoms with Crippen molar-refractivity contribution in [3.8, 4) is 23.2 Å². The molecule has 0 atom stereocenters. The van der Waals surface area contributed by atoms with Gasteiger partial charge in [0.2, 0.25) is 5.88 Å². The number of rotatable bonds is 3. The zero-order valence-corrected chi connectivity index (χ0v) is 15.9. The highest BCUT2D eigenvalue weighted by molar-refractivity contribution is 9.10. The first kappa shape index (κ1) is 18.4. The molecule has 0 saturated carbocycles. The van der Waals surface area contributed by atoms with Crippen LogP contribution in [0.4, 0.5) is 13.2 Å². The maximum absolute atomic E-state index is 13.1. The van der Waals surface area contributed by atoms with Crippen LogP contribution in [0.3, 0.4) is 0 Å². The smallest absolute Gasteiger partial charge is 0.416 e. The van der Waals surface area contributed by atoms with Gasteiger partial charge in [-0.05, 0) is 36.4 Å². The van der Waals surface area contributed by atoms with Gasteiger partial charge in [0.05, 0.1) is 23.7 Å². The molecule has 28 heavy (non-hydrogen) atoms. The lowest BCUT2D eigenvalue weighted by atomic mass is 10.2. The zero-order valence-electron chi connectivity index (χ0n) is 14.3. The van der Waals surface area contributed by atoms with E-state index in [0.29, 0.717) is 28.7 Å². The Bertz CT molecular complexity index is 1160. The predicted octanol–water partition coefficient (Wildman–Crippen LogP) is 4.67. The molecule has 10 heteroatoms. The zero-order chi connectivity index (χ0) is 19.9. The molecule has 0 N–H and O–H groups in total. The van der Waals surface area contributed by atoms with Crippen LogP contribution in [-0.4, -0.2) is 31.8 Å². The van der Waals surface area contributed by atoms with E-state index in [-0.39, 0.29) is 5.52 Å². The Balaban J connectivity index is 1.99. The SMILES string of the molecule is COc1ccc(-n2c(-c3cc(Br)ccn3)nc3cc(C(F)(F)F)ccc32)nn1. The molecule has 0 aliphatic rings. The van der Waals surface area contributed by atoms with Crippen LogP contribution in [0, 0.1) is 0 Å². The third-order valence-electron chi connectivity index (χ3n) is 4.00. The second kappa shape index (κ2) is 6.86. The maximum Gasteiger partial charge on any atom is 0.416 e. The Morgan fingerprint density at radius 1 is 1.04 bits per heavy atom. The molecular weight excluding hydrogens is 439 g/mol. The Morgan fingerprint density at radius 3 is 2.50 bits per heavy atom. The van der Waals surface area contributed by atoms with Crippen molar-refractivity contribution in [3.05, 3.63) is 58.7 Å². The van der Waals surface area contributed by atoms with Crippen LogP contribution < -0.4 is 4.74 Å². The number of hydrogen-bond donors (Lipinski definition) is 0. The van der Waals surface area contributed by atoms with Gasteiger partial charge in [-0.15, -0.1) is 10.2 Å². The van der Waals surface area contributed by atoms with Gasteiger partial charge >= 0.3 is 6.18 Å². The number of imidazole rings is 1. The standard InChI is InChI=1S/C18H11BrF3N5O/c1-28-16-5-4-15(25-26-16)27-14-3-2-10(18(20,21)22)8-12(14)24-17(27)13-9-11(19)6-7-23-13/h2-9H,1H3. The summed E-state index contributed by atoms with van der Waals surface area (Å²) in [6.07, 6.45) is -2.89. The van der Waals surface area contributed by atoms with E-state index in [2.05, 4.69) is 36.1 Å². The van der Waals surface area contributed by atoms with Crippen LogP contribution in [0.2, 0.25) is 0 Å². The van der Waals surface area contributed by atoms with Crippen molar-refractivity contribution in [2.75, 3.05) is 7.11 Å². The minimum absolute atomic E-state index is 0.171. The summed E-state index contributed by atoms with van der Waals surface area (Å²) >= 11 is 3.37. The molecule has 0 aliphatic carbocycles. The minimum Gasteiger partial charge on any atom is -0.480 e. The first-order valence-corrected chi connectivity index (χ1v) is 8.76. The number of alkyl halides is 3. The lowest BCUT2D eigenvalue weighted by Gasteiger charge is -2.09. The molecular formula is C18H11BrF3N5O. The molecule has 0 unspecified atom stereocenters. The molecule has 0 radical (unpaired) electrons. The fraction of sp³-hybridized carbons (Fsp3) is 0.111. The van der Waals surface area contributed by atoms with Crippen LogP contribution in [0.1, 0.15) is 5.56 Å². The molecule has 3 heterocycles. The number of methoxy groups -OCH3 is 1. The summed E-state index contributed by atoms with van der Waals surface area (Å²) in [4.78, 5) is 8.69. The van der Waals surface area contributed by atoms with Crippen molar-refractivity contribution >= 4 is 27.0 Å². The van der Waals surface area contributed by atoms with E-state index in [1.807, 2.05) is 0 Å². The fourth-order valence-electron chi connectivity index (χ4n) is 2.73. The lowest BCUT2D eigenvalue weighted by Crippen LogP contribution is -2.05. The Morgan fingerprint density at radius 2 is 1.86 bits per heavy atom. The predicted molar refractivity (Wildman–Crippen MR) is 99.1 cm³/mol. The molecule has 1 aromatic carbocycles. The molecule has 0 fully saturated rings. The Labute approximate surface area is 165 Å². The Hall–Kier alpha value is -3.01. The average molecular weight is 450 g/mol. The molecule has 4 rings (SSSR count). The summed E-state index contributed by atoms with van der Waals surface area (Å²) in [5, 5.41) is 8.05. The topological polar surface area (TPSA) is 65.7 Å². The van der Waals surface area contributed by atoms with Crippen LogP contribution >= 0.6 is 15.9 Å². The van der Waals surface area contributed by atoms with Crippen molar-refractivity contribution in [1.29, 1.82) is 0 Å². The highest BCUT2D eigenvalue weighted by atomic mass is 79.9. The summed E-state index contributed by atoms with van der Waals surface area (Å²) in [5.74, 6) is 1.03. The van der Waals surface area contributed by atoms with E-state index in [4.69, 9.17) is 4.74 Å². The van der Waals surface area contributed by atoms with Crippen LogP contribution in [-0.2, 0) is 6.18 Å². The molecule has 3 aromatic heterocycles. The molecule has 0 amide bonds. The first-order valence-electron chi connectivity index (χ1n) is 7.96. The van der Waals surface area contributed by atoms with E-state index in [0.717, 1.165) is 16.6 Å². The van der Waals surface area contributed by atoms with Gasteiger partial charge in [0.15, 0.2) is 11.6 Å². The second-order valence-corrected chi connectivity index (χ2v) is 6.68. The van der Waals surface area contributed by atoms with Crippen LogP contribution in [0.15, 0.2) is 53.1 Å². The van der Waals surface area contributed by atoms with Gasteiger partial charge in [-0.2, -0.15) is 13.2 Å². The molecule has 6 nitrogen and oxygen atoms in total. The summed E-state index contributed by atoms with van der Waals surface area (Å²) in [7, 11) is 1.46. The van der Waals surface area contributed by atoms with Gasteiger partial charge in [-0.3, -0.25) is 9.55 Å². The van der Waals surface area contributed by atoms with Crippen molar-refractivity contribution in [1.82, 2.24) is 24.7 Å². The average Bonchev–Trinajstić information content (AvgIpc) is 3.06. The normalized spacial score (nSPS) is 11.8. The summed E-state index contributed by atoms with van der Waals surface area (Å²) in [5.41, 5.74) is 0.310. The van der Waals surface area contributed by atoms with E-state index in [9.17, 15) is 13.2 Å². The van der Waals surface area contributed by atoms with E-state index in [1.54, 1.807) is 35.0 Å². The summed E-state index contributed by atoms with van der Waals surface area (Å²) in [6.45, 7) is 0.